The van der Waals surface area contributed by atoms with E-state index in [1.807, 2.05) is 18.2 Å². The predicted octanol–water partition coefficient (Wildman–Crippen LogP) is 4.38. The lowest BCUT2D eigenvalue weighted by atomic mass is 10.1. The third kappa shape index (κ3) is 2.47. The lowest BCUT2D eigenvalue weighted by Gasteiger charge is -1.98. The van der Waals surface area contributed by atoms with E-state index in [0.717, 1.165) is 35.7 Å². The molecule has 0 atom stereocenters. The zero-order chi connectivity index (χ0) is 10.7. The molecule has 1 heterocycles. The summed E-state index contributed by atoms with van der Waals surface area (Å²) in [7, 11) is 0. The van der Waals surface area contributed by atoms with E-state index in [9.17, 15) is 0 Å². The van der Waals surface area contributed by atoms with Crippen molar-refractivity contribution in [2.45, 2.75) is 19.3 Å². The number of hydrogen-bond acceptors (Lipinski definition) is 0. The number of fused-ring (bicyclic) bond motifs is 1. The Morgan fingerprint density at radius 2 is 2.07 bits per heavy atom. The van der Waals surface area contributed by atoms with E-state index in [-0.39, 0.29) is 0 Å². The number of aromatic amines is 1. The maximum atomic E-state index is 5.97. The van der Waals surface area contributed by atoms with E-state index >= 15 is 0 Å². The average Bonchev–Trinajstić information content (AvgIpc) is 2.62. The molecule has 0 bridgehead atoms. The van der Waals surface area contributed by atoms with Gasteiger partial charge in [0.05, 0.1) is 0 Å². The summed E-state index contributed by atoms with van der Waals surface area (Å²) in [6.07, 6.45) is 5.32. The number of aromatic nitrogens is 1. The average molecular weight is 242 g/mol. The fourth-order valence-electron chi connectivity index (χ4n) is 1.77. The van der Waals surface area contributed by atoms with Crippen LogP contribution in [0.3, 0.4) is 0 Å². The van der Waals surface area contributed by atoms with Gasteiger partial charge in [0.15, 0.2) is 0 Å². The van der Waals surface area contributed by atoms with Crippen LogP contribution in [0.1, 0.15) is 18.4 Å². The summed E-state index contributed by atoms with van der Waals surface area (Å²) in [5, 5.41) is 2.03. The summed E-state index contributed by atoms with van der Waals surface area (Å²) in [4.78, 5) is 3.25. The molecule has 3 heteroatoms. The van der Waals surface area contributed by atoms with E-state index in [0.29, 0.717) is 0 Å². The molecule has 0 aliphatic carbocycles. The first-order valence-electron chi connectivity index (χ1n) is 5.13. The third-order valence-electron chi connectivity index (χ3n) is 2.56. The largest absolute Gasteiger partial charge is 0.361 e. The summed E-state index contributed by atoms with van der Waals surface area (Å²) in [5.41, 5.74) is 2.48. The number of aryl methyl sites for hydroxylation is 1. The van der Waals surface area contributed by atoms with Crippen molar-refractivity contribution in [1.29, 1.82) is 0 Å². The van der Waals surface area contributed by atoms with E-state index in [4.69, 9.17) is 23.2 Å². The maximum Gasteiger partial charge on any atom is 0.0457 e. The second kappa shape index (κ2) is 4.91. The highest BCUT2D eigenvalue weighted by atomic mass is 35.5. The number of alkyl halides is 1. The summed E-state index contributed by atoms with van der Waals surface area (Å²) in [6, 6.07) is 5.94. The topological polar surface area (TPSA) is 15.8 Å². The lowest BCUT2D eigenvalue weighted by molar-refractivity contribution is 0.803. The fourth-order valence-corrected chi connectivity index (χ4v) is 2.13. The molecule has 80 valence electrons. The van der Waals surface area contributed by atoms with Crippen molar-refractivity contribution in [2.24, 2.45) is 0 Å². The molecule has 1 nitrogen and oxygen atoms in total. The van der Waals surface area contributed by atoms with Crippen molar-refractivity contribution in [1.82, 2.24) is 4.98 Å². The Morgan fingerprint density at radius 3 is 2.87 bits per heavy atom. The molecule has 0 radical (unpaired) electrons. The molecule has 1 N–H and O–H groups in total. The van der Waals surface area contributed by atoms with Crippen LogP contribution in [-0.2, 0) is 6.42 Å². The van der Waals surface area contributed by atoms with Gasteiger partial charge in [0.1, 0.15) is 0 Å². The molecule has 2 aromatic rings. The number of H-pyrrole nitrogens is 1. The molecule has 0 fully saturated rings. The van der Waals surface area contributed by atoms with Crippen LogP contribution in [0.4, 0.5) is 0 Å². The van der Waals surface area contributed by atoms with Crippen LogP contribution in [0.2, 0.25) is 5.02 Å². The Balaban J connectivity index is 2.23. The first-order chi connectivity index (χ1) is 7.31. The summed E-state index contributed by atoms with van der Waals surface area (Å²) < 4.78 is 0. The first-order valence-corrected chi connectivity index (χ1v) is 6.04. The van der Waals surface area contributed by atoms with Gasteiger partial charge in [-0.15, -0.1) is 11.6 Å². The van der Waals surface area contributed by atoms with Gasteiger partial charge in [-0.2, -0.15) is 0 Å². The van der Waals surface area contributed by atoms with Gasteiger partial charge < -0.3 is 4.98 Å². The summed E-state index contributed by atoms with van der Waals surface area (Å²) in [6.45, 7) is 0. The van der Waals surface area contributed by atoms with Gasteiger partial charge in [0.2, 0.25) is 0 Å². The highest BCUT2D eigenvalue weighted by Crippen LogP contribution is 2.23. The molecular formula is C12H13Cl2N. The van der Waals surface area contributed by atoms with Crippen LogP contribution >= 0.6 is 23.2 Å². The molecule has 0 unspecified atom stereocenters. The Labute approximate surface area is 99.4 Å². The van der Waals surface area contributed by atoms with Gasteiger partial charge in [-0.1, -0.05) is 11.6 Å². The monoisotopic (exact) mass is 241 g/mol. The molecule has 1 aromatic carbocycles. The van der Waals surface area contributed by atoms with Crippen molar-refractivity contribution >= 4 is 34.1 Å². The molecule has 0 spiro atoms. The van der Waals surface area contributed by atoms with Crippen LogP contribution < -0.4 is 0 Å². The minimum atomic E-state index is 0.739. The van der Waals surface area contributed by atoms with Crippen molar-refractivity contribution in [3.63, 3.8) is 0 Å². The van der Waals surface area contributed by atoms with E-state index < -0.39 is 0 Å². The van der Waals surface area contributed by atoms with Crippen molar-refractivity contribution in [3.8, 4) is 0 Å². The second-order valence-electron chi connectivity index (χ2n) is 3.65. The van der Waals surface area contributed by atoms with Crippen LogP contribution in [0.25, 0.3) is 10.9 Å². The van der Waals surface area contributed by atoms with Crippen LogP contribution in [-0.4, -0.2) is 10.9 Å². The lowest BCUT2D eigenvalue weighted by Crippen LogP contribution is -1.84. The van der Waals surface area contributed by atoms with E-state index in [1.54, 1.807) is 0 Å². The molecular weight excluding hydrogens is 229 g/mol. The van der Waals surface area contributed by atoms with Gasteiger partial charge in [-0.05, 0) is 43.0 Å². The Hall–Kier alpha value is -0.660. The van der Waals surface area contributed by atoms with Crippen LogP contribution in [0.15, 0.2) is 24.4 Å². The third-order valence-corrected chi connectivity index (χ3v) is 3.06. The molecule has 15 heavy (non-hydrogen) atoms. The zero-order valence-electron chi connectivity index (χ0n) is 8.39. The standard InChI is InChI=1S/C12H13Cl2N/c13-6-2-1-3-9-8-15-12-5-4-10(14)7-11(9)12/h4-5,7-8,15H,1-3,6H2. The number of rotatable bonds is 4. The van der Waals surface area contributed by atoms with Crippen molar-refractivity contribution in [3.05, 3.63) is 35.0 Å². The predicted molar refractivity (Wildman–Crippen MR) is 67.0 cm³/mol. The number of benzene rings is 1. The normalized spacial score (nSPS) is 11.1. The molecule has 0 saturated carbocycles. The van der Waals surface area contributed by atoms with Gasteiger partial charge in [0.25, 0.3) is 0 Å². The van der Waals surface area contributed by atoms with Gasteiger partial charge >= 0.3 is 0 Å². The Bertz CT molecular complexity index is 448. The fraction of sp³-hybridized carbons (Fsp3) is 0.333. The minimum Gasteiger partial charge on any atom is -0.361 e. The zero-order valence-corrected chi connectivity index (χ0v) is 9.91. The summed E-state index contributed by atoms with van der Waals surface area (Å²) >= 11 is 11.6. The minimum absolute atomic E-state index is 0.739. The molecule has 0 aliphatic rings. The van der Waals surface area contributed by atoms with E-state index in [1.165, 1.54) is 10.9 Å². The molecule has 0 aliphatic heterocycles. The number of hydrogen-bond donors (Lipinski definition) is 1. The van der Waals surface area contributed by atoms with Crippen LogP contribution in [0, 0.1) is 0 Å². The first kappa shape index (κ1) is 10.8. The number of halogens is 2. The summed E-state index contributed by atoms with van der Waals surface area (Å²) in [5.74, 6) is 0.739. The SMILES string of the molecule is ClCCCCc1c[nH]c2ccc(Cl)cc12. The van der Waals surface area contributed by atoms with Crippen LogP contribution in [0.5, 0.6) is 0 Å². The maximum absolute atomic E-state index is 5.97. The smallest absolute Gasteiger partial charge is 0.0457 e. The molecule has 0 saturated heterocycles. The van der Waals surface area contributed by atoms with Crippen molar-refractivity contribution in [2.75, 3.05) is 5.88 Å². The Morgan fingerprint density at radius 1 is 1.20 bits per heavy atom. The Kier molecular flexibility index (Phi) is 3.55. The van der Waals surface area contributed by atoms with Gasteiger partial charge in [-0.25, -0.2) is 0 Å². The van der Waals surface area contributed by atoms with Gasteiger partial charge in [0, 0.05) is 28.0 Å². The highest BCUT2D eigenvalue weighted by Gasteiger charge is 2.03. The quantitative estimate of drug-likeness (QED) is 0.604. The second-order valence-corrected chi connectivity index (χ2v) is 4.46. The van der Waals surface area contributed by atoms with Crippen molar-refractivity contribution < 1.29 is 0 Å². The number of unbranched alkanes of at least 4 members (excludes halogenated alkanes) is 1. The van der Waals surface area contributed by atoms with Gasteiger partial charge in [-0.3, -0.25) is 0 Å². The molecule has 2 rings (SSSR count). The highest BCUT2D eigenvalue weighted by molar-refractivity contribution is 6.31. The van der Waals surface area contributed by atoms with E-state index in [2.05, 4.69) is 11.2 Å². The number of nitrogens with one attached hydrogen (secondary N) is 1. The molecule has 0 amide bonds. The molecule has 1 aromatic heterocycles.